The lowest BCUT2D eigenvalue weighted by atomic mass is 9.69. The molecule has 0 aliphatic heterocycles. The molecule has 0 radical (unpaired) electrons. The van der Waals surface area contributed by atoms with Crippen LogP contribution in [0.2, 0.25) is 0 Å². The number of hydrogen-bond donors (Lipinski definition) is 3. The van der Waals surface area contributed by atoms with Crippen LogP contribution in [0.5, 0.6) is 0 Å². The molecule has 2 aromatic carbocycles. The highest BCUT2D eigenvalue weighted by atomic mass is 32.2. The molecule has 0 amide bonds. The van der Waals surface area contributed by atoms with E-state index in [0.29, 0.717) is 0 Å². The normalized spacial score (nSPS) is 20.6. The van der Waals surface area contributed by atoms with Crippen LogP contribution in [0, 0.1) is 11.8 Å². The van der Waals surface area contributed by atoms with E-state index in [-0.39, 0.29) is 27.4 Å². The molecule has 170 valence electrons. The van der Waals surface area contributed by atoms with E-state index in [2.05, 4.69) is 11.9 Å². The van der Waals surface area contributed by atoms with Gasteiger partial charge in [0.25, 0.3) is 10.1 Å². The van der Waals surface area contributed by atoms with E-state index in [9.17, 15) is 31.0 Å². The fourth-order valence-electron chi connectivity index (χ4n) is 4.01. The van der Waals surface area contributed by atoms with Crippen molar-refractivity contribution in [2.75, 3.05) is 5.32 Å². The van der Waals surface area contributed by atoms with E-state index in [0.717, 1.165) is 11.5 Å². The molecule has 2 unspecified atom stereocenters. The van der Waals surface area contributed by atoms with E-state index in [1.807, 2.05) is 0 Å². The molecule has 4 N–H and O–H groups in total. The number of fused-ring (bicyclic) bond motifs is 2. The van der Waals surface area contributed by atoms with Crippen molar-refractivity contribution >= 4 is 37.2 Å². The van der Waals surface area contributed by atoms with Gasteiger partial charge in [-0.3, -0.25) is 14.1 Å². The Morgan fingerprint density at radius 1 is 0.939 bits per heavy atom. The maximum atomic E-state index is 13.3. The van der Waals surface area contributed by atoms with E-state index >= 15 is 0 Å². The van der Waals surface area contributed by atoms with Gasteiger partial charge in [0.05, 0.1) is 16.7 Å². The number of carbonyl (C=O) groups is 2. The minimum Gasteiger partial charge on any atom is -0.400 e. The zero-order chi connectivity index (χ0) is 24.1. The molecule has 0 saturated carbocycles. The first kappa shape index (κ1) is 22.6. The van der Waals surface area contributed by atoms with Crippen LogP contribution < -0.4 is 11.1 Å². The van der Waals surface area contributed by atoms with Crippen LogP contribution in [0.25, 0.3) is 0 Å². The summed E-state index contributed by atoms with van der Waals surface area (Å²) in [5.74, 6) is -3.60. The number of benzene rings is 2. The zero-order valence-corrected chi connectivity index (χ0v) is 18.6. The Kier molecular flexibility index (Phi) is 5.35. The number of allylic oxidation sites excluding steroid dienone is 3. The van der Waals surface area contributed by atoms with Crippen LogP contribution in [-0.4, -0.2) is 33.0 Å². The lowest BCUT2D eigenvalue weighted by Gasteiger charge is -2.36. The van der Waals surface area contributed by atoms with Crippen molar-refractivity contribution in [3.05, 3.63) is 94.0 Å². The molecule has 2 atom stereocenters. The number of hydrogen-bond acceptors (Lipinski definition) is 8. The van der Waals surface area contributed by atoms with Crippen LogP contribution in [0.15, 0.2) is 87.8 Å². The zero-order valence-electron chi connectivity index (χ0n) is 16.9. The second-order valence-electron chi connectivity index (χ2n) is 7.49. The fraction of sp³-hybridized carbons (Fsp3) is 0.0909. The van der Waals surface area contributed by atoms with Crippen LogP contribution in [0.1, 0.15) is 20.7 Å². The van der Waals surface area contributed by atoms with Gasteiger partial charge < -0.3 is 11.1 Å². The summed E-state index contributed by atoms with van der Waals surface area (Å²) in [7, 11) is -8.61. The lowest BCUT2D eigenvalue weighted by molar-refractivity contribution is 0.0785. The molecule has 9 nitrogen and oxygen atoms in total. The van der Waals surface area contributed by atoms with Gasteiger partial charge in [0.15, 0.2) is 21.4 Å². The molecule has 11 heteroatoms. The summed E-state index contributed by atoms with van der Waals surface area (Å²) < 4.78 is 57.9. The topological polar surface area (TPSA) is 161 Å². The van der Waals surface area contributed by atoms with Crippen molar-refractivity contribution < 1.29 is 31.0 Å². The Labute approximate surface area is 190 Å². The smallest absolute Gasteiger partial charge is 0.296 e. The molecule has 0 aromatic heterocycles. The summed E-state index contributed by atoms with van der Waals surface area (Å²) in [4.78, 5) is 25.8. The fourth-order valence-corrected chi connectivity index (χ4v) is 5.46. The quantitative estimate of drug-likeness (QED) is 0.539. The van der Waals surface area contributed by atoms with Gasteiger partial charge in [-0.15, -0.1) is 0 Å². The van der Waals surface area contributed by atoms with Gasteiger partial charge in [0.2, 0.25) is 0 Å². The first-order valence-corrected chi connectivity index (χ1v) is 12.5. The molecule has 0 spiro atoms. The number of nitrogens with one attached hydrogen (secondary N) is 1. The summed E-state index contributed by atoms with van der Waals surface area (Å²) in [6, 6.07) is 11.6. The molecule has 2 aliphatic rings. The van der Waals surface area contributed by atoms with Crippen LogP contribution in [-0.2, 0) is 20.0 Å². The molecule has 4 rings (SSSR count). The second kappa shape index (κ2) is 7.80. The molecule has 2 aromatic rings. The van der Waals surface area contributed by atoms with E-state index < -0.39 is 54.0 Å². The average molecular weight is 487 g/mol. The number of sulfone groups is 1. The Bertz CT molecular complexity index is 1500. The van der Waals surface area contributed by atoms with Crippen molar-refractivity contribution in [3.8, 4) is 0 Å². The Morgan fingerprint density at radius 2 is 1.55 bits per heavy atom. The van der Waals surface area contributed by atoms with Crippen molar-refractivity contribution in [1.29, 1.82) is 0 Å². The highest BCUT2D eigenvalue weighted by Crippen LogP contribution is 2.42. The molecule has 0 bridgehead atoms. The van der Waals surface area contributed by atoms with Crippen molar-refractivity contribution in [2.24, 2.45) is 17.6 Å². The van der Waals surface area contributed by atoms with Crippen molar-refractivity contribution in [3.63, 3.8) is 0 Å². The predicted octanol–water partition coefficient (Wildman–Crippen LogP) is 2.28. The highest BCUT2D eigenvalue weighted by Gasteiger charge is 2.48. The molecular weight excluding hydrogens is 468 g/mol. The summed E-state index contributed by atoms with van der Waals surface area (Å²) in [6.45, 7) is 3.28. The largest absolute Gasteiger partial charge is 0.400 e. The van der Waals surface area contributed by atoms with Gasteiger partial charge in [-0.05, 0) is 24.3 Å². The monoisotopic (exact) mass is 486 g/mol. The minimum absolute atomic E-state index is 0.0252. The summed E-state index contributed by atoms with van der Waals surface area (Å²) in [6.07, 6.45) is 0.986. The lowest BCUT2D eigenvalue weighted by Crippen LogP contribution is -2.44. The van der Waals surface area contributed by atoms with Crippen LogP contribution >= 0.6 is 0 Å². The molecule has 2 aliphatic carbocycles. The van der Waals surface area contributed by atoms with Gasteiger partial charge in [-0.1, -0.05) is 36.9 Å². The molecule has 0 fully saturated rings. The van der Waals surface area contributed by atoms with Crippen molar-refractivity contribution in [2.45, 2.75) is 4.90 Å². The molecule has 0 heterocycles. The third kappa shape index (κ3) is 3.80. The second-order valence-corrected chi connectivity index (χ2v) is 10.8. The third-order valence-corrected chi connectivity index (χ3v) is 7.81. The SMILES string of the molecule is C=CS(=O)(=O)c1cccc(NC2=CC(S(=O)(=O)O)=C(N)C3C(=O)c4ccccc4C(=O)C23)c1. The van der Waals surface area contributed by atoms with Crippen LogP contribution in [0.4, 0.5) is 5.69 Å². The number of anilines is 1. The maximum Gasteiger partial charge on any atom is 0.296 e. The summed E-state index contributed by atoms with van der Waals surface area (Å²) in [5.41, 5.74) is 5.98. The number of ketones is 2. The van der Waals surface area contributed by atoms with Gasteiger partial charge in [0, 0.05) is 33.6 Å². The Hall–Kier alpha value is -3.54. The Morgan fingerprint density at radius 3 is 2.12 bits per heavy atom. The maximum absolute atomic E-state index is 13.3. The van der Waals surface area contributed by atoms with E-state index in [1.54, 1.807) is 12.1 Å². The standard InChI is InChI=1S/C22H18N2O7S2/c1-2-32(27,28)13-7-5-6-12(10-13)24-16-11-17(33(29,30)31)20(23)19-18(16)21(25)14-8-3-4-9-15(14)22(19)26/h2-11,18-19,24H,1,23H2,(H,29,30,31). The van der Waals surface area contributed by atoms with Crippen molar-refractivity contribution in [1.82, 2.24) is 0 Å². The number of Topliss-reactive ketones (excluding diaryl/α,β-unsaturated/α-hetero) is 2. The average Bonchev–Trinajstić information content (AvgIpc) is 2.77. The number of nitrogens with two attached hydrogens (primary N) is 1. The first-order valence-electron chi connectivity index (χ1n) is 9.56. The van der Waals surface area contributed by atoms with Gasteiger partial charge in [-0.25, -0.2) is 8.42 Å². The van der Waals surface area contributed by atoms with Gasteiger partial charge in [0.1, 0.15) is 4.91 Å². The first-order chi connectivity index (χ1) is 15.5. The number of rotatable bonds is 5. The molecule has 0 saturated heterocycles. The van der Waals surface area contributed by atoms with Gasteiger partial charge in [-0.2, -0.15) is 8.42 Å². The third-order valence-electron chi connectivity index (χ3n) is 5.55. The van der Waals surface area contributed by atoms with Gasteiger partial charge >= 0.3 is 0 Å². The molecular formula is C22H18N2O7S2. The molecule has 33 heavy (non-hydrogen) atoms. The van der Waals surface area contributed by atoms with Crippen LogP contribution in [0.3, 0.4) is 0 Å². The number of carbonyl (C=O) groups excluding carboxylic acids is 2. The predicted molar refractivity (Wildman–Crippen MR) is 120 cm³/mol. The van der Waals surface area contributed by atoms with E-state index in [1.165, 1.54) is 36.4 Å². The summed E-state index contributed by atoms with van der Waals surface area (Å²) >= 11 is 0. The van der Waals surface area contributed by atoms with E-state index in [4.69, 9.17) is 5.73 Å². The Balaban J connectivity index is 1.89. The highest BCUT2D eigenvalue weighted by molar-refractivity contribution is 7.94. The summed E-state index contributed by atoms with van der Waals surface area (Å²) in [5, 5.41) is 3.63. The minimum atomic E-state index is -4.84.